The van der Waals surface area contributed by atoms with E-state index in [1.807, 2.05) is 0 Å². The van der Waals surface area contributed by atoms with Gasteiger partial charge >= 0.3 is 12.3 Å². The van der Waals surface area contributed by atoms with Gasteiger partial charge in [0.05, 0.1) is 6.42 Å². The van der Waals surface area contributed by atoms with Crippen LogP contribution in [-0.2, 0) is 4.74 Å². The van der Waals surface area contributed by atoms with Crippen LogP contribution in [0.25, 0.3) is 0 Å². The monoisotopic (exact) mass is 186 g/mol. The molecular formula is C6H9F3O3. The molecule has 1 N–H and O–H groups in total. The van der Waals surface area contributed by atoms with Crippen molar-refractivity contribution in [2.75, 3.05) is 0 Å². The lowest BCUT2D eigenvalue weighted by atomic mass is 10.1. The van der Waals surface area contributed by atoms with E-state index in [2.05, 4.69) is 4.74 Å². The number of carbonyl (C=O) groups is 1. The molecule has 72 valence electrons. The van der Waals surface area contributed by atoms with E-state index < -0.39 is 24.4 Å². The summed E-state index contributed by atoms with van der Waals surface area (Å²) in [4.78, 5) is 9.91. The van der Waals surface area contributed by atoms with Crippen molar-refractivity contribution in [3.8, 4) is 0 Å². The van der Waals surface area contributed by atoms with Crippen molar-refractivity contribution in [3.05, 3.63) is 0 Å². The Labute approximate surface area is 67.1 Å². The number of ether oxygens (including phenoxy) is 1. The predicted octanol–water partition coefficient (Wildman–Crippen LogP) is 2.41. The average Bonchev–Trinajstić information content (AvgIpc) is 1.48. The maximum atomic E-state index is 11.7. The molecule has 0 unspecified atom stereocenters. The van der Waals surface area contributed by atoms with Gasteiger partial charge in [0.25, 0.3) is 0 Å². The van der Waals surface area contributed by atoms with Gasteiger partial charge < -0.3 is 9.84 Å². The molecule has 0 atom stereocenters. The average molecular weight is 186 g/mol. The van der Waals surface area contributed by atoms with Crippen molar-refractivity contribution < 1.29 is 27.8 Å². The van der Waals surface area contributed by atoms with Crippen LogP contribution in [-0.4, -0.2) is 23.0 Å². The van der Waals surface area contributed by atoms with Gasteiger partial charge in [-0.3, -0.25) is 0 Å². The second kappa shape index (κ2) is 3.20. The third-order valence-corrected chi connectivity index (χ3v) is 0.990. The van der Waals surface area contributed by atoms with Crippen molar-refractivity contribution in [1.29, 1.82) is 0 Å². The summed E-state index contributed by atoms with van der Waals surface area (Å²) in [5.74, 6) is 0. The molecule has 0 aliphatic carbocycles. The van der Waals surface area contributed by atoms with Crippen LogP contribution in [0.4, 0.5) is 18.0 Å². The summed E-state index contributed by atoms with van der Waals surface area (Å²) in [5, 5.41) is 8.06. The molecule has 0 radical (unpaired) electrons. The lowest BCUT2D eigenvalue weighted by Gasteiger charge is -2.24. The van der Waals surface area contributed by atoms with E-state index >= 15 is 0 Å². The Morgan fingerprint density at radius 1 is 1.42 bits per heavy atom. The van der Waals surface area contributed by atoms with Crippen molar-refractivity contribution in [3.63, 3.8) is 0 Å². The zero-order chi connectivity index (χ0) is 9.99. The van der Waals surface area contributed by atoms with Crippen LogP contribution in [0.1, 0.15) is 20.3 Å². The Morgan fingerprint density at radius 3 is 2.08 bits per heavy atom. The molecule has 3 nitrogen and oxygen atoms in total. The lowest BCUT2D eigenvalue weighted by Crippen LogP contribution is -2.33. The van der Waals surface area contributed by atoms with Crippen LogP contribution in [0.5, 0.6) is 0 Å². The van der Waals surface area contributed by atoms with Gasteiger partial charge in [0.2, 0.25) is 0 Å². The van der Waals surface area contributed by atoms with E-state index in [1.54, 1.807) is 0 Å². The van der Waals surface area contributed by atoms with Gasteiger partial charge in [-0.1, -0.05) is 0 Å². The van der Waals surface area contributed by atoms with E-state index in [0.29, 0.717) is 0 Å². The van der Waals surface area contributed by atoms with Gasteiger partial charge in [0.15, 0.2) is 0 Å². The topological polar surface area (TPSA) is 46.5 Å². The summed E-state index contributed by atoms with van der Waals surface area (Å²) in [7, 11) is 0. The second-order valence-corrected chi connectivity index (χ2v) is 2.92. The smallest absolute Gasteiger partial charge is 0.450 e. The zero-order valence-corrected chi connectivity index (χ0v) is 6.60. The first-order valence-corrected chi connectivity index (χ1v) is 3.11. The van der Waals surface area contributed by atoms with E-state index in [4.69, 9.17) is 5.11 Å². The molecular weight excluding hydrogens is 177 g/mol. The third-order valence-electron chi connectivity index (χ3n) is 0.990. The van der Waals surface area contributed by atoms with Crippen LogP contribution in [0.15, 0.2) is 0 Å². The van der Waals surface area contributed by atoms with Crippen molar-refractivity contribution in [2.24, 2.45) is 0 Å². The Hall–Kier alpha value is -0.940. The van der Waals surface area contributed by atoms with Crippen LogP contribution in [0.3, 0.4) is 0 Å². The van der Waals surface area contributed by atoms with Gasteiger partial charge in [-0.25, -0.2) is 4.79 Å². The summed E-state index contributed by atoms with van der Waals surface area (Å²) in [6, 6.07) is 0. The van der Waals surface area contributed by atoms with Crippen LogP contribution >= 0.6 is 0 Å². The van der Waals surface area contributed by atoms with Gasteiger partial charge in [-0.05, 0) is 13.8 Å². The highest BCUT2D eigenvalue weighted by Crippen LogP contribution is 2.29. The fourth-order valence-corrected chi connectivity index (χ4v) is 0.755. The second-order valence-electron chi connectivity index (χ2n) is 2.92. The lowest BCUT2D eigenvalue weighted by molar-refractivity contribution is -0.171. The summed E-state index contributed by atoms with van der Waals surface area (Å²) < 4.78 is 39.2. The van der Waals surface area contributed by atoms with Crippen molar-refractivity contribution in [1.82, 2.24) is 0 Å². The summed E-state index contributed by atoms with van der Waals surface area (Å²) >= 11 is 0. The fourth-order valence-electron chi connectivity index (χ4n) is 0.755. The van der Waals surface area contributed by atoms with Gasteiger partial charge in [-0.2, -0.15) is 13.2 Å². The van der Waals surface area contributed by atoms with E-state index in [0.717, 1.165) is 13.8 Å². The van der Waals surface area contributed by atoms with Crippen LogP contribution in [0.2, 0.25) is 0 Å². The highest BCUT2D eigenvalue weighted by atomic mass is 19.4. The number of alkyl halides is 3. The fraction of sp³-hybridized carbons (Fsp3) is 0.833. The standard InChI is InChI=1S/C6H9F3O3/c1-5(2,12-4(10)11)3-6(7,8)9/h3H2,1-2H3,(H,10,11). The highest BCUT2D eigenvalue weighted by molar-refractivity contribution is 5.57. The zero-order valence-electron chi connectivity index (χ0n) is 6.60. The Bertz CT molecular complexity index is 173. The maximum Gasteiger partial charge on any atom is 0.506 e. The molecule has 0 fully saturated rings. The molecule has 0 aromatic heterocycles. The third kappa shape index (κ3) is 5.82. The molecule has 0 spiro atoms. The first kappa shape index (κ1) is 11.1. The molecule has 0 saturated heterocycles. The number of hydrogen-bond donors (Lipinski definition) is 1. The van der Waals surface area contributed by atoms with E-state index in [-0.39, 0.29) is 0 Å². The molecule has 6 heteroatoms. The largest absolute Gasteiger partial charge is 0.506 e. The SMILES string of the molecule is CC(C)(CC(F)(F)F)OC(=O)O. The minimum atomic E-state index is -4.42. The van der Waals surface area contributed by atoms with E-state index in [9.17, 15) is 18.0 Å². The van der Waals surface area contributed by atoms with E-state index in [1.165, 1.54) is 0 Å². The molecule has 0 saturated carbocycles. The van der Waals surface area contributed by atoms with Crippen molar-refractivity contribution >= 4 is 6.16 Å². The molecule has 12 heavy (non-hydrogen) atoms. The molecule has 0 rings (SSSR count). The van der Waals surface area contributed by atoms with Crippen LogP contribution < -0.4 is 0 Å². The number of carboxylic acid groups (broad SMARTS) is 1. The molecule has 0 bridgehead atoms. The predicted molar refractivity (Wildman–Crippen MR) is 33.9 cm³/mol. The van der Waals surface area contributed by atoms with Gasteiger partial charge in [0.1, 0.15) is 5.60 Å². The summed E-state index contributed by atoms with van der Waals surface area (Å²) in [6.07, 6.45) is -7.41. The van der Waals surface area contributed by atoms with Crippen LogP contribution in [0, 0.1) is 0 Å². The number of hydrogen-bond acceptors (Lipinski definition) is 2. The first-order valence-electron chi connectivity index (χ1n) is 3.11. The molecule has 0 aromatic carbocycles. The highest BCUT2D eigenvalue weighted by Gasteiger charge is 2.38. The summed E-state index contributed by atoms with van der Waals surface area (Å²) in [5.41, 5.74) is -1.72. The molecule has 0 amide bonds. The Kier molecular flexibility index (Phi) is 2.95. The normalized spacial score (nSPS) is 12.8. The number of halogens is 3. The quantitative estimate of drug-likeness (QED) is 0.673. The number of rotatable bonds is 2. The van der Waals surface area contributed by atoms with Gasteiger partial charge in [-0.15, -0.1) is 0 Å². The molecule has 0 aromatic rings. The summed E-state index contributed by atoms with van der Waals surface area (Å²) in [6.45, 7) is 2.13. The molecule has 0 heterocycles. The molecule has 0 aliphatic heterocycles. The Morgan fingerprint density at radius 2 is 1.83 bits per heavy atom. The Balaban J connectivity index is 4.13. The van der Waals surface area contributed by atoms with Gasteiger partial charge in [0, 0.05) is 0 Å². The minimum Gasteiger partial charge on any atom is -0.450 e. The first-order chi connectivity index (χ1) is 5.12. The minimum absolute atomic E-state index is 1.06. The van der Waals surface area contributed by atoms with Crippen molar-refractivity contribution in [2.45, 2.75) is 32.0 Å². The maximum absolute atomic E-state index is 11.7. The molecule has 0 aliphatic rings.